The predicted molar refractivity (Wildman–Crippen MR) is 186 cm³/mol. The van der Waals surface area contributed by atoms with Gasteiger partial charge >= 0.3 is 0 Å². The van der Waals surface area contributed by atoms with E-state index in [1.165, 1.54) is 11.8 Å². The number of nitrogens with zero attached hydrogens (tertiary/aromatic N) is 4. The summed E-state index contributed by atoms with van der Waals surface area (Å²) in [5, 5.41) is 12.3. The first kappa shape index (κ1) is 33.2. The highest BCUT2D eigenvalue weighted by molar-refractivity contribution is 7.98. The van der Waals surface area contributed by atoms with Crippen LogP contribution in [0.25, 0.3) is 0 Å². The number of methoxy groups -OCH3 is 2. The van der Waals surface area contributed by atoms with Crippen LogP contribution in [-0.2, 0) is 15.3 Å². The molecule has 1 fully saturated rings. The monoisotopic (exact) mass is 688 g/mol. The molecular weight excluding hydrogens is 652 g/mol. The number of fused-ring (bicyclic) bond motifs is 1. The molecule has 2 amide bonds. The summed E-state index contributed by atoms with van der Waals surface area (Å²) in [6, 6.07) is 19.6. The summed E-state index contributed by atoms with van der Waals surface area (Å²) in [4.78, 5) is 33.5. The molecule has 3 heterocycles. The van der Waals surface area contributed by atoms with E-state index in [4.69, 9.17) is 35.9 Å². The highest BCUT2D eigenvalue weighted by atomic mass is 35.5. The number of carbonyl (C=O) groups excluding carboxylic acids is 2. The largest absolute Gasteiger partial charge is 0.495 e. The van der Waals surface area contributed by atoms with Gasteiger partial charge in [0.2, 0.25) is 11.1 Å². The molecular formula is C35H37ClN6O5S. The number of carbonyl (C=O) groups is 2. The van der Waals surface area contributed by atoms with Crippen LogP contribution in [-0.4, -0.2) is 65.4 Å². The molecule has 250 valence electrons. The van der Waals surface area contributed by atoms with E-state index >= 15 is 0 Å². The fourth-order valence-electron chi connectivity index (χ4n) is 5.84. The van der Waals surface area contributed by atoms with E-state index in [1.807, 2.05) is 60.4 Å². The number of para-hydroxylation sites is 2. The van der Waals surface area contributed by atoms with Gasteiger partial charge in [-0.15, -0.1) is 5.10 Å². The number of likely N-dealkylation sites (tertiary alicyclic amines) is 1. The van der Waals surface area contributed by atoms with E-state index in [-0.39, 0.29) is 18.4 Å². The quantitative estimate of drug-likeness (QED) is 0.169. The Kier molecular flexibility index (Phi) is 10.4. The molecule has 1 saturated heterocycles. The van der Waals surface area contributed by atoms with Gasteiger partial charge in [-0.2, -0.15) is 4.98 Å². The number of amides is 2. The normalized spacial score (nSPS) is 15.8. The Labute approximate surface area is 288 Å². The molecule has 0 aliphatic carbocycles. The zero-order valence-corrected chi connectivity index (χ0v) is 28.6. The van der Waals surface area contributed by atoms with E-state index in [1.54, 1.807) is 37.1 Å². The minimum absolute atomic E-state index is 0.0536. The lowest BCUT2D eigenvalue weighted by Crippen LogP contribution is -2.38. The Morgan fingerprint density at radius 3 is 2.50 bits per heavy atom. The van der Waals surface area contributed by atoms with Crippen LogP contribution in [0.5, 0.6) is 17.2 Å². The average molecular weight is 689 g/mol. The molecule has 0 radical (unpaired) electrons. The van der Waals surface area contributed by atoms with Gasteiger partial charge in [0.05, 0.1) is 25.5 Å². The maximum atomic E-state index is 14.1. The smallest absolute Gasteiger partial charge is 0.260 e. The number of piperidine rings is 1. The average Bonchev–Trinajstić information content (AvgIpc) is 3.52. The molecule has 2 aliphatic heterocycles. The molecule has 3 aromatic carbocycles. The van der Waals surface area contributed by atoms with E-state index < -0.39 is 6.04 Å². The van der Waals surface area contributed by atoms with E-state index in [0.717, 1.165) is 37.9 Å². The van der Waals surface area contributed by atoms with Gasteiger partial charge in [0.15, 0.2) is 18.1 Å². The lowest BCUT2D eigenvalue weighted by molar-refractivity contribution is -0.134. The third kappa shape index (κ3) is 7.24. The van der Waals surface area contributed by atoms with Crippen molar-refractivity contribution in [2.45, 2.75) is 43.1 Å². The SMILES string of the molecule is COc1ccccc1NC(=O)C1=C(C)Nc2nc(SCc3ccccc3Cl)nn2C1c1ccc(OCC(=O)N2CCCCC2)c(OC)c1. The van der Waals surface area contributed by atoms with Crippen molar-refractivity contribution >= 4 is 46.8 Å². The van der Waals surface area contributed by atoms with Gasteiger partial charge in [0, 0.05) is 29.6 Å². The fraction of sp³-hybridized carbons (Fsp3) is 0.314. The molecule has 0 saturated carbocycles. The van der Waals surface area contributed by atoms with Gasteiger partial charge in [-0.05, 0) is 67.6 Å². The molecule has 6 rings (SSSR count). The summed E-state index contributed by atoms with van der Waals surface area (Å²) < 4.78 is 18.9. The van der Waals surface area contributed by atoms with Crippen LogP contribution in [0.4, 0.5) is 11.6 Å². The highest BCUT2D eigenvalue weighted by Gasteiger charge is 2.35. The second-order valence-corrected chi connectivity index (χ2v) is 12.8. The van der Waals surface area contributed by atoms with E-state index in [0.29, 0.717) is 61.6 Å². The van der Waals surface area contributed by atoms with Crippen molar-refractivity contribution in [1.29, 1.82) is 0 Å². The fourth-order valence-corrected chi connectivity index (χ4v) is 6.95. The number of benzene rings is 3. The number of aromatic nitrogens is 3. The van der Waals surface area contributed by atoms with E-state index in [2.05, 4.69) is 10.6 Å². The Morgan fingerprint density at radius 1 is 0.979 bits per heavy atom. The third-order valence-electron chi connectivity index (χ3n) is 8.31. The lowest BCUT2D eigenvalue weighted by atomic mass is 9.94. The Hall–Kier alpha value is -4.68. The van der Waals surface area contributed by atoms with Gasteiger partial charge < -0.3 is 29.7 Å². The molecule has 13 heteroatoms. The molecule has 4 aromatic rings. The molecule has 0 spiro atoms. The van der Waals surface area contributed by atoms with Crippen molar-refractivity contribution in [3.05, 3.63) is 94.1 Å². The summed E-state index contributed by atoms with van der Waals surface area (Å²) in [5.41, 5.74) is 3.25. The Balaban J connectivity index is 1.32. The summed E-state index contributed by atoms with van der Waals surface area (Å²) >= 11 is 7.85. The molecule has 1 aromatic heterocycles. The lowest BCUT2D eigenvalue weighted by Gasteiger charge is -2.29. The van der Waals surface area contributed by atoms with Crippen LogP contribution in [0, 0.1) is 0 Å². The maximum Gasteiger partial charge on any atom is 0.260 e. The number of hydrogen-bond donors (Lipinski definition) is 2. The minimum atomic E-state index is -0.684. The number of halogens is 1. The van der Waals surface area contributed by atoms with Crippen molar-refractivity contribution in [3.8, 4) is 17.2 Å². The van der Waals surface area contributed by atoms with Crippen molar-refractivity contribution < 1.29 is 23.8 Å². The number of rotatable bonds is 11. The zero-order valence-electron chi connectivity index (χ0n) is 27.0. The summed E-state index contributed by atoms with van der Waals surface area (Å²) in [7, 11) is 3.10. The van der Waals surface area contributed by atoms with Crippen LogP contribution >= 0.6 is 23.4 Å². The molecule has 1 atom stereocenters. The Morgan fingerprint density at radius 2 is 1.73 bits per heavy atom. The van der Waals surface area contributed by atoms with Crippen molar-refractivity contribution in [2.75, 3.05) is 44.5 Å². The topological polar surface area (TPSA) is 120 Å². The second-order valence-electron chi connectivity index (χ2n) is 11.4. The second kappa shape index (κ2) is 15.0. The van der Waals surface area contributed by atoms with Gasteiger partial charge in [0.1, 0.15) is 11.8 Å². The van der Waals surface area contributed by atoms with Crippen LogP contribution < -0.4 is 24.8 Å². The number of ether oxygens (including phenoxy) is 3. The highest BCUT2D eigenvalue weighted by Crippen LogP contribution is 2.40. The van der Waals surface area contributed by atoms with Crippen LogP contribution in [0.2, 0.25) is 5.02 Å². The number of nitrogens with one attached hydrogen (secondary N) is 2. The number of thioether (sulfide) groups is 1. The summed E-state index contributed by atoms with van der Waals surface area (Å²) in [5.74, 6) is 2.04. The number of hydrogen-bond acceptors (Lipinski definition) is 9. The third-order valence-corrected chi connectivity index (χ3v) is 9.57. The van der Waals surface area contributed by atoms with Gasteiger partial charge in [-0.3, -0.25) is 9.59 Å². The predicted octanol–water partition coefficient (Wildman–Crippen LogP) is 6.56. The maximum absolute atomic E-state index is 14.1. The minimum Gasteiger partial charge on any atom is -0.495 e. The standard InChI is InChI=1S/C35H37ClN6O5S/c1-22-31(33(44)38-26-13-7-8-14-27(26)45-2)32(42-34(37-22)39-35(40-42)48-21-24-11-5-6-12-25(24)36)23-15-16-28(29(19-23)46-3)47-20-30(43)41-17-9-4-10-18-41/h5-8,11-16,19,32H,4,9-10,17-18,20-21H2,1-3H3,(H,38,44)(H,37,39,40). The first-order chi connectivity index (χ1) is 23.4. The summed E-state index contributed by atoms with van der Waals surface area (Å²) in [6.45, 7) is 3.24. The van der Waals surface area contributed by atoms with Crippen molar-refractivity contribution in [3.63, 3.8) is 0 Å². The van der Waals surface area contributed by atoms with Crippen molar-refractivity contribution in [1.82, 2.24) is 19.7 Å². The number of anilines is 2. The first-order valence-corrected chi connectivity index (χ1v) is 17.1. The van der Waals surface area contributed by atoms with Gasteiger partial charge in [-0.1, -0.05) is 59.8 Å². The summed E-state index contributed by atoms with van der Waals surface area (Å²) in [6.07, 6.45) is 3.15. The first-order valence-electron chi connectivity index (χ1n) is 15.7. The Bertz CT molecular complexity index is 1840. The van der Waals surface area contributed by atoms with Crippen LogP contribution in [0.1, 0.15) is 43.4 Å². The molecule has 48 heavy (non-hydrogen) atoms. The zero-order chi connectivity index (χ0) is 33.6. The molecule has 11 nitrogen and oxygen atoms in total. The van der Waals surface area contributed by atoms with Gasteiger partial charge in [0.25, 0.3) is 11.8 Å². The molecule has 2 N–H and O–H groups in total. The molecule has 0 bridgehead atoms. The van der Waals surface area contributed by atoms with E-state index in [9.17, 15) is 9.59 Å². The van der Waals surface area contributed by atoms with Crippen LogP contribution in [0.3, 0.4) is 0 Å². The van der Waals surface area contributed by atoms with Crippen molar-refractivity contribution in [2.24, 2.45) is 0 Å². The van der Waals surface area contributed by atoms with Crippen LogP contribution in [0.15, 0.2) is 83.2 Å². The molecule has 1 unspecified atom stereocenters. The van der Waals surface area contributed by atoms with Gasteiger partial charge in [-0.25, -0.2) is 4.68 Å². The number of allylic oxidation sites excluding steroid dienone is 1. The molecule has 2 aliphatic rings.